The van der Waals surface area contributed by atoms with E-state index < -0.39 is 0 Å². The Kier molecular flexibility index (Phi) is 3.05. The van der Waals surface area contributed by atoms with Crippen LogP contribution in [0.25, 0.3) is 0 Å². The average Bonchev–Trinajstić information content (AvgIpc) is 2.66. The Morgan fingerprint density at radius 2 is 2.26 bits per heavy atom. The van der Waals surface area contributed by atoms with E-state index >= 15 is 0 Å². The number of amides is 1. The number of nitrogens with one attached hydrogen (secondary N) is 1. The summed E-state index contributed by atoms with van der Waals surface area (Å²) in [5.74, 6) is -0.158. The normalized spacial score (nSPS) is 31.2. The van der Waals surface area contributed by atoms with Gasteiger partial charge in [0.1, 0.15) is 5.82 Å². The first kappa shape index (κ1) is 12.6. The monoisotopic (exact) mass is 262 g/mol. The molecule has 4 heteroatoms. The van der Waals surface area contributed by atoms with Gasteiger partial charge in [0.05, 0.1) is 5.54 Å². The molecule has 1 amide bonds. The number of hydrogen-bond donors (Lipinski definition) is 1. The molecule has 0 aliphatic carbocycles. The van der Waals surface area contributed by atoms with Gasteiger partial charge in [-0.25, -0.2) is 4.39 Å². The molecule has 2 atom stereocenters. The summed E-state index contributed by atoms with van der Waals surface area (Å²) in [7, 11) is 0. The van der Waals surface area contributed by atoms with E-state index in [1.165, 1.54) is 12.1 Å². The van der Waals surface area contributed by atoms with Crippen LogP contribution < -0.4 is 10.2 Å². The van der Waals surface area contributed by atoms with Gasteiger partial charge in [-0.1, -0.05) is 6.07 Å². The van der Waals surface area contributed by atoms with E-state index in [0.717, 1.165) is 25.8 Å². The zero-order chi connectivity index (χ0) is 13.5. The van der Waals surface area contributed by atoms with Gasteiger partial charge in [0.15, 0.2) is 0 Å². The molecule has 2 heterocycles. The van der Waals surface area contributed by atoms with E-state index in [0.29, 0.717) is 18.2 Å². The minimum atomic E-state index is -0.283. The lowest BCUT2D eigenvalue weighted by molar-refractivity contribution is -0.117. The first-order valence-corrected chi connectivity index (χ1v) is 6.93. The van der Waals surface area contributed by atoms with Gasteiger partial charge in [0.2, 0.25) is 5.91 Å². The largest absolute Gasteiger partial charge is 0.314 e. The lowest BCUT2D eigenvalue weighted by Gasteiger charge is -2.44. The molecule has 0 saturated carbocycles. The Balaban J connectivity index is 1.98. The first-order valence-electron chi connectivity index (χ1n) is 6.93. The fourth-order valence-electron chi connectivity index (χ4n) is 3.59. The van der Waals surface area contributed by atoms with Crippen LogP contribution in [0.3, 0.4) is 0 Å². The second kappa shape index (κ2) is 4.60. The fourth-order valence-corrected chi connectivity index (χ4v) is 3.59. The van der Waals surface area contributed by atoms with Gasteiger partial charge in [0.25, 0.3) is 0 Å². The Morgan fingerprint density at radius 1 is 1.42 bits per heavy atom. The van der Waals surface area contributed by atoms with E-state index in [4.69, 9.17) is 0 Å². The Hall–Kier alpha value is -1.42. The molecule has 2 fully saturated rings. The summed E-state index contributed by atoms with van der Waals surface area (Å²) >= 11 is 0. The van der Waals surface area contributed by atoms with Crippen molar-refractivity contribution in [2.24, 2.45) is 0 Å². The summed E-state index contributed by atoms with van der Waals surface area (Å²) in [5.41, 5.74) is 0.590. The summed E-state index contributed by atoms with van der Waals surface area (Å²) in [4.78, 5) is 14.1. The number of halogens is 1. The number of carbonyl (C=O) groups excluding carboxylic acids is 1. The highest BCUT2D eigenvalue weighted by molar-refractivity contribution is 5.97. The standard InChI is InChI=1S/C15H19FN2O/c1-11-10-15(7-8-17-11)6-5-14(19)18(15)13-4-2-3-12(16)9-13/h2-4,9,11,17H,5-8,10H2,1H3/t11-,15-/m1/s1. The molecule has 2 aliphatic heterocycles. The molecule has 1 spiro atoms. The van der Waals surface area contributed by atoms with Crippen LogP contribution in [0.15, 0.2) is 24.3 Å². The topological polar surface area (TPSA) is 32.3 Å². The quantitative estimate of drug-likeness (QED) is 0.843. The highest BCUT2D eigenvalue weighted by Crippen LogP contribution is 2.42. The molecule has 19 heavy (non-hydrogen) atoms. The minimum absolute atomic E-state index is 0.116. The van der Waals surface area contributed by atoms with Gasteiger partial charge in [-0.05, 0) is 50.9 Å². The van der Waals surface area contributed by atoms with Crippen LogP contribution in [-0.4, -0.2) is 24.0 Å². The third-order valence-electron chi connectivity index (χ3n) is 4.36. The van der Waals surface area contributed by atoms with Crippen molar-refractivity contribution >= 4 is 11.6 Å². The molecule has 2 aliphatic rings. The maximum atomic E-state index is 13.4. The van der Waals surface area contributed by atoms with Gasteiger partial charge in [-0.15, -0.1) is 0 Å². The van der Waals surface area contributed by atoms with Gasteiger partial charge in [0, 0.05) is 18.2 Å². The maximum absolute atomic E-state index is 13.4. The Bertz CT molecular complexity index is 505. The number of hydrogen-bond acceptors (Lipinski definition) is 2. The molecule has 0 radical (unpaired) electrons. The molecule has 0 bridgehead atoms. The molecule has 0 unspecified atom stereocenters. The molecular weight excluding hydrogens is 243 g/mol. The lowest BCUT2D eigenvalue weighted by Crippen LogP contribution is -2.55. The van der Waals surface area contributed by atoms with Crippen molar-refractivity contribution in [1.82, 2.24) is 5.32 Å². The van der Waals surface area contributed by atoms with Crippen molar-refractivity contribution in [3.63, 3.8) is 0 Å². The van der Waals surface area contributed by atoms with Crippen LogP contribution in [0.1, 0.15) is 32.6 Å². The molecular formula is C15H19FN2O. The average molecular weight is 262 g/mol. The first-order chi connectivity index (χ1) is 9.11. The highest BCUT2D eigenvalue weighted by atomic mass is 19.1. The summed E-state index contributed by atoms with van der Waals surface area (Å²) in [5, 5.41) is 3.42. The number of benzene rings is 1. The van der Waals surface area contributed by atoms with Crippen LogP contribution in [0.5, 0.6) is 0 Å². The van der Waals surface area contributed by atoms with Crippen LogP contribution in [-0.2, 0) is 4.79 Å². The summed E-state index contributed by atoms with van der Waals surface area (Å²) in [6.07, 6.45) is 3.34. The van der Waals surface area contributed by atoms with Crippen molar-refractivity contribution in [3.05, 3.63) is 30.1 Å². The fraction of sp³-hybridized carbons (Fsp3) is 0.533. The second-order valence-corrected chi connectivity index (χ2v) is 5.74. The SMILES string of the molecule is C[C@@H]1C[C@]2(CCN1)CCC(=O)N2c1cccc(F)c1. The van der Waals surface area contributed by atoms with Crippen LogP contribution in [0.4, 0.5) is 10.1 Å². The molecule has 1 N–H and O–H groups in total. The molecule has 102 valence electrons. The van der Waals surface area contributed by atoms with Crippen molar-refractivity contribution in [2.75, 3.05) is 11.4 Å². The van der Waals surface area contributed by atoms with E-state index in [1.807, 2.05) is 11.0 Å². The van der Waals surface area contributed by atoms with E-state index in [-0.39, 0.29) is 17.3 Å². The van der Waals surface area contributed by atoms with Crippen molar-refractivity contribution in [1.29, 1.82) is 0 Å². The zero-order valence-electron chi connectivity index (χ0n) is 11.2. The molecule has 1 aromatic rings. The molecule has 3 nitrogen and oxygen atoms in total. The van der Waals surface area contributed by atoms with E-state index in [1.54, 1.807) is 6.07 Å². The highest BCUT2D eigenvalue weighted by Gasteiger charge is 2.47. The third kappa shape index (κ3) is 2.14. The summed E-state index contributed by atoms with van der Waals surface area (Å²) in [6, 6.07) is 6.80. The van der Waals surface area contributed by atoms with E-state index in [9.17, 15) is 9.18 Å². The molecule has 0 aromatic heterocycles. The number of nitrogens with zero attached hydrogens (tertiary/aromatic N) is 1. The van der Waals surface area contributed by atoms with Crippen molar-refractivity contribution < 1.29 is 9.18 Å². The number of rotatable bonds is 1. The van der Waals surface area contributed by atoms with Crippen LogP contribution >= 0.6 is 0 Å². The van der Waals surface area contributed by atoms with Gasteiger partial charge < -0.3 is 10.2 Å². The number of piperidine rings is 1. The van der Waals surface area contributed by atoms with Crippen molar-refractivity contribution in [2.45, 2.75) is 44.2 Å². The minimum Gasteiger partial charge on any atom is -0.314 e. The smallest absolute Gasteiger partial charge is 0.227 e. The van der Waals surface area contributed by atoms with Gasteiger partial charge in [-0.2, -0.15) is 0 Å². The van der Waals surface area contributed by atoms with Crippen LogP contribution in [0, 0.1) is 5.82 Å². The maximum Gasteiger partial charge on any atom is 0.227 e. The van der Waals surface area contributed by atoms with Crippen molar-refractivity contribution in [3.8, 4) is 0 Å². The summed E-state index contributed by atoms with van der Waals surface area (Å²) in [6.45, 7) is 3.06. The van der Waals surface area contributed by atoms with E-state index in [2.05, 4.69) is 12.2 Å². The Morgan fingerprint density at radius 3 is 3.00 bits per heavy atom. The summed E-state index contributed by atoms with van der Waals surface area (Å²) < 4.78 is 13.4. The Labute approximate surface area is 112 Å². The molecule has 3 rings (SSSR count). The van der Waals surface area contributed by atoms with Gasteiger partial charge in [-0.3, -0.25) is 4.79 Å². The van der Waals surface area contributed by atoms with Gasteiger partial charge >= 0.3 is 0 Å². The predicted molar refractivity (Wildman–Crippen MR) is 72.5 cm³/mol. The number of anilines is 1. The second-order valence-electron chi connectivity index (χ2n) is 5.74. The number of carbonyl (C=O) groups is 1. The third-order valence-corrected chi connectivity index (χ3v) is 4.36. The lowest BCUT2D eigenvalue weighted by atomic mass is 9.82. The zero-order valence-corrected chi connectivity index (χ0v) is 11.2. The van der Waals surface area contributed by atoms with Crippen LogP contribution in [0.2, 0.25) is 0 Å². The predicted octanol–water partition coefficient (Wildman–Crippen LogP) is 2.46. The molecule has 2 saturated heterocycles. The molecule has 1 aromatic carbocycles.